The first kappa shape index (κ1) is 18.3. The highest BCUT2D eigenvalue weighted by Gasteiger charge is 2.08. The number of aryl methyl sites for hydroxylation is 1. The summed E-state index contributed by atoms with van der Waals surface area (Å²) in [5, 5.41) is 7.39. The lowest BCUT2D eigenvalue weighted by atomic mass is 10.3. The van der Waals surface area contributed by atoms with E-state index in [-0.39, 0.29) is 0 Å². The Hall–Kier alpha value is -2.50. The number of para-hydroxylation sites is 2. The largest absolute Gasteiger partial charge is 0.492 e. The van der Waals surface area contributed by atoms with Gasteiger partial charge in [-0.1, -0.05) is 35.3 Å². The molecule has 0 aliphatic heterocycles. The van der Waals surface area contributed by atoms with Crippen molar-refractivity contribution in [1.29, 1.82) is 0 Å². The molecular formula is C19H18Cl2N4O. The second-order valence-corrected chi connectivity index (χ2v) is 6.34. The fraction of sp³-hybridized carbons (Fsp3) is 0.158. The second kappa shape index (κ2) is 8.25. The van der Waals surface area contributed by atoms with E-state index in [9.17, 15) is 0 Å². The molecule has 26 heavy (non-hydrogen) atoms. The van der Waals surface area contributed by atoms with E-state index in [0.717, 1.165) is 22.8 Å². The van der Waals surface area contributed by atoms with Crippen LogP contribution in [-0.2, 0) is 0 Å². The fourth-order valence-electron chi connectivity index (χ4n) is 2.38. The highest BCUT2D eigenvalue weighted by molar-refractivity contribution is 6.42. The molecule has 2 aromatic carbocycles. The fourth-order valence-corrected chi connectivity index (χ4v) is 2.68. The zero-order valence-corrected chi connectivity index (χ0v) is 15.9. The summed E-state index contributed by atoms with van der Waals surface area (Å²) >= 11 is 12.0. The molecule has 0 saturated heterocycles. The van der Waals surface area contributed by atoms with E-state index in [1.54, 1.807) is 12.1 Å². The Labute approximate surface area is 162 Å². The first-order valence-corrected chi connectivity index (χ1v) is 8.87. The average Bonchev–Trinajstić information content (AvgIpc) is 2.60. The van der Waals surface area contributed by atoms with Gasteiger partial charge in [0.2, 0.25) is 5.95 Å². The van der Waals surface area contributed by atoms with E-state index in [1.807, 2.05) is 50.2 Å². The first-order chi connectivity index (χ1) is 12.5. The van der Waals surface area contributed by atoms with Gasteiger partial charge in [-0.2, -0.15) is 4.98 Å². The highest BCUT2D eigenvalue weighted by atomic mass is 35.5. The number of hydrogen-bond acceptors (Lipinski definition) is 5. The lowest BCUT2D eigenvalue weighted by Crippen LogP contribution is -2.03. The van der Waals surface area contributed by atoms with Crippen molar-refractivity contribution in [1.82, 2.24) is 9.97 Å². The van der Waals surface area contributed by atoms with Crippen molar-refractivity contribution in [3.05, 3.63) is 64.3 Å². The first-order valence-electron chi connectivity index (χ1n) is 8.12. The molecule has 5 nitrogen and oxygen atoms in total. The van der Waals surface area contributed by atoms with Gasteiger partial charge in [-0.25, -0.2) is 4.98 Å². The molecule has 0 bridgehead atoms. The van der Waals surface area contributed by atoms with Crippen LogP contribution in [0.5, 0.6) is 5.75 Å². The summed E-state index contributed by atoms with van der Waals surface area (Å²) in [4.78, 5) is 8.92. The van der Waals surface area contributed by atoms with Gasteiger partial charge in [-0.15, -0.1) is 0 Å². The Bertz CT molecular complexity index is 918. The molecule has 7 heteroatoms. The zero-order valence-electron chi connectivity index (χ0n) is 14.4. The average molecular weight is 389 g/mol. The summed E-state index contributed by atoms with van der Waals surface area (Å²) in [5.74, 6) is 1.89. The number of hydrogen-bond donors (Lipinski definition) is 2. The number of benzene rings is 2. The number of rotatable bonds is 6. The molecule has 0 unspecified atom stereocenters. The van der Waals surface area contributed by atoms with E-state index in [2.05, 4.69) is 20.6 Å². The van der Waals surface area contributed by atoms with Crippen molar-refractivity contribution in [3.63, 3.8) is 0 Å². The van der Waals surface area contributed by atoms with Crippen LogP contribution in [0.1, 0.15) is 12.6 Å². The molecule has 0 atom stereocenters. The Morgan fingerprint density at radius 1 is 0.962 bits per heavy atom. The lowest BCUT2D eigenvalue weighted by Gasteiger charge is -2.13. The van der Waals surface area contributed by atoms with Crippen molar-refractivity contribution < 1.29 is 4.74 Å². The standard InChI is InChI=1S/C19H18Cl2N4O/c1-3-26-17-7-5-4-6-16(17)24-18-10-12(2)22-19(25-18)23-13-8-9-14(20)15(21)11-13/h4-11H,3H2,1-2H3,(H2,22,23,24,25). The molecule has 0 aliphatic carbocycles. The van der Waals surface area contributed by atoms with Gasteiger partial charge in [-0.05, 0) is 44.2 Å². The van der Waals surface area contributed by atoms with Gasteiger partial charge in [0, 0.05) is 17.4 Å². The lowest BCUT2D eigenvalue weighted by molar-refractivity contribution is 0.342. The Balaban J connectivity index is 1.85. The Kier molecular flexibility index (Phi) is 5.81. The maximum atomic E-state index is 6.06. The summed E-state index contributed by atoms with van der Waals surface area (Å²) in [6, 6.07) is 14.8. The van der Waals surface area contributed by atoms with Crippen LogP contribution in [0.25, 0.3) is 0 Å². The summed E-state index contributed by atoms with van der Waals surface area (Å²) < 4.78 is 5.64. The molecular weight excluding hydrogens is 371 g/mol. The summed E-state index contributed by atoms with van der Waals surface area (Å²) in [6.07, 6.45) is 0. The number of nitrogens with one attached hydrogen (secondary N) is 2. The van der Waals surface area contributed by atoms with Crippen LogP contribution in [0.3, 0.4) is 0 Å². The molecule has 0 saturated carbocycles. The van der Waals surface area contributed by atoms with Crippen LogP contribution in [0.4, 0.5) is 23.1 Å². The van der Waals surface area contributed by atoms with E-state index < -0.39 is 0 Å². The molecule has 0 radical (unpaired) electrons. The van der Waals surface area contributed by atoms with Crippen molar-refractivity contribution >= 4 is 46.3 Å². The normalized spacial score (nSPS) is 10.5. The molecule has 0 spiro atoms. The van der Waals surface area contributed by atoms with E-state index in [4.69, 9.17) is 27.9 Å². The molecule has 0 fully saturated rings. The van der Waals surface area contributed by atoms with Gasteiger partial charge in [-0.3, -0.25) is 0 Å². The second-order valence-electron chi connectivity index (χ2n) is 5.53. The third-order valence-corrected chi connectivity index (χ3v) is 4.22. The number of ether oxygens (including phenoxy) is 1. The van der Waals surface area contributed by atoms with Gasteiger partial charge in [0.05, 0.1) is 22.3 Å². The van der Waals surface area contributed by atoms with Gasteiger partial charge in [0.25, 0.3) is 0 Å². The molecule has 0 aliphatic rings. The predicted octanol–water partition coefficient (Wildman–Crippen LogP) is 5.98. The molecule has 0 amide bonds. The predicted molar refractivity (Wildman–Crippen MR) is 107 cm³/mol. The van der Waals surface area contributed by atoms with E-state index in [0.29, 0.717) is 28.4 Å². The minimum atomic E-state index is 0.458. The van der Waals surface area contributed by atoms with Crippen molar-refractivity contribution in [2.24, 2.45) is 0 Å². The maximum Gasteiger partial charge on any atom is 0.229 e. The van der Waals surface area contributed by atoms with Crippen molar-refractivity contribution in [3.8, 4) is 5.75 Å². The maximum absolute atomic E-state index is 6.06. The third-order valence-electron chi connectivity index (χ3n) is 3.48. The van der Waals surface area contributed by atoms with Crippen LogP contribution in [0.2, 0.25) is 10.0 Å². The van der Waals surface area contributed by atoms with Gasteiger partial charge < -0.3 is 15.4 Å². The topological polar surface area (TPSA) is 59.1 Å². The van der Waals surface area contributed by atoms with Crippen LogP contribution < -0.4 is 15.4 Å². The van der Waals surface area contributed by atoms with Crippen molar-refractivity contribution in [2.75, 3.05) is 17.2 Å². The molecule has 2 N–H and O–H groups in total. The number of anilines is 4. The van der Waals surface area contributed by atoms with Crippen LogP contribution in [-0.4, -0.2) is 16.6 Å². The molecule has 134 valence electrons. The minimum Gasteiger partial charge on any atom is -0.492 e. The van der Waals surface area contributed by atoms with Crippen LogP contribution >= 0.6 is 23.2 Å². The molecule has 3 aromatic rings. The Morgan fingerprint density at radius 3 is 2.54 bits per heavy atom. The monoisotopic (exact) mass is 388 g/mol. The number of aromatic nitrogens is 2. The van der Waals surface area contributed by atoms with Gasteiger partial charge in [0.15, 0.2) is 0 Å². The third kappa shape index (κ3) is 4.56. The van der Waals surface area contributed by atoms with Gasteiger partial charge >= 0.3 is 0 Å². The number of halogens is 2. The molecule has 1 aromatic heterocycles. The summed E-state index contributed by atoms with van der Waals surface area (Å²) in [5.41, 5.74) is 2.41. The van der Waals surface area contributed by atoms with Gasteiger partial charge in [0.1, 0.15) is 11.6 Å². The van der Waals surface area contributed by atoms with E-state index >= 15 is 0 Å². The van der Waals surface area contributed by atoms with Crippen LogP contribution in [0, 0.1) is 6.92 Å². The van der Waals surface area contributed by atoms with E-state index in [1.165, 1.54) is 0 Å². The molecule has 3 rings (SSSR count). The van der Waals surface area contributed by atoms with Crippen molar-refractivity contribution in [2.45, 2.75) is 13.8 Å². The summed E-state index contributed by atoms with van der Waals surface area (Å²) in [7, 11) is 0. The van der Waals surface area contributed by atoms with Crippen LogP contribution in [0.15, 0.2) is 48.5 Å². The zero-order chi connectivity index (χ0) is 18.5. The number of nitrogens with zero attached hydrogens (tertiary/aromatic N) is 2. The Morgan fingerprint density at radius 2 is 1.77 bits per heavy atom. The highest BCUT2D eigenvalue weighted by Crippen LogP contribution is 2.29. The molecule has 1 heterocycles. The smallest absolute Gasteiger partial charge is 0.229 e. The SMILES string of the molecule is CCOc1ccccc1Nc1cc(C)nc(Nc2ccc(Cl)c(Cl)c2)n1. The quantitative estimate of drug-likeness (QED) is 0.543. The minimum absolute atomic E-state index is 0.458. The summed E-state index contributed by atoms with van der Waals surface area (Å²) in [6.45, 7) is 4.44.